The minimum atomic E-state index is 0.125. The number of rotatable bonds is 0. The molecule has 0 saturated carbocycles. The Labute approximate surface area is 56.3 Å². The van der Waals surface area contributed by atoms with Crippen LogP contribution in [-0.4, -0.2) is 15.0 Å². The van der Waals surface area contributed by atoms with E-state index in [4.69, 9.17) is 3.57 Å². The van der Waals surface area contributed by atoms with Crippen LogP contribution in [0.15, 0.2) is 19.0 Å². The number of hydrogen-bond donors (Lipinski definition) is 0. The summed E-state index contributed by atoms with van der Waals surface area (Å²) < 4.78 is 8.38. The Kier molecular flexibility index (Phi) is 5.98. The van der Waals surface area contributed by atoms with Gasteiger partial charge in [-0.25, -0.2) is 15.0 Å². The van der Waals surface area contributed by atoms with Crippen LogP contribution in [0.2, 0.25) is 0 Å². The molecule has 0 N–H and O–H groups in total. The van der Waals surface area contributed by atoms with Gasteiger partial charge in [0, 0.05) is 0 Å². The van der Waals surface area contributed by atoms with Gasteiger partial charge in [-0.1, -0.05) is 0 Å². The van der Waals surface area contributed by atoms with Gasteiger partial charge in [0.2, 0.25) is 0 Å². The molecule has 0 aliphatic rings. The van der Waals surface area contributed by atoms with E-state index in [9.17, 15) is 0 Å². The van der Waals surface area contributed by atoms with Gasteiger partial charge in [-0.05, 0) is 0 Å². The second-order valence-electron chi connectivity index (χ2n) is 0.794. The zero-order chi connectivity index (χ0) is 6.24. The Balaban J connectivity index is 0.000000222. The summed E-state index contributed by atoms with van der Waals surface area (Å²) in [6, 6.07) is 0. The third-order valence-electron chi connectivity index (χ3n) is 0.400. The molecule has 1 aromatic rings. The second kappa shape index (κ2) is 6.43. The van der Waals surface area contributed by atoms with Crippen molar-refractivity contribution in [2.45, 2.75) is 0 Å². The van der Waals surface area contributed by atoms with Crippen LogP contribution in [0.4, 0.5) is 0 Å². The maximum Gasteiger partial charge on any atom is 0.119 e. The fourth-order valence-corrected chi connectivity index (χ4v) is 0.205. The van der Waals surface area contributed by atoms with E-state index in [1.807, 2.05) is 0 Å². The van der Waals surface area contributed by atoms with Crippen LogP contribution >= 0.6 is 0 Å². The van der Waals surface area contributed by atoms with Crippen molar-refractivity contribution in [1.82, 2.24) is 15.0 Å². The topological polar surface area (TPSA) is 55.7 Å². The van der Waals surface area contributed by atoms with Gasteiger partial charge in [0.25, 0.3) is 0 Å². The Morgan fingerprint density at radius 3 is 1.25 bits per heavy atom. The van der Waals surface area contributed by atoms with Gasteiger partial charge in [-0.2, -0.15) is 0 Å². The molecule has 0 aliphatic carbocycles. The van der Waals surface area contributed by atoms with E-state index in [1.165, 1.54) is 19.0 Å². The third-order valence-corrected chi connectivity index (χ3v) is 0.400. The van der Waals surface area contributed by atoms with E-state index in [0.29, 0.717) is 0 Å². The van der Waals surface area contributed by atoms with Crippen molar-refractivity contribution in [2.24, 2.45) is 0 Å². The molecule has 0 bridgehead atoms. The largest absolute Gasteiger partial charge is 0.225 e. The molecule has 0 amide bonds. The summed E-state index contributed by atoms with van der Waals surface area (Å²) in [7, 11) is 0. The minimum Gasteiger partial charge on any atom is -0.225 e. The Hall–Kier alpha value is -0.567. The summed E-state index contributed by atoms with van der Waals surface area (Å²) in [6.07, 6.45) is 4.31. The normalized spacial score (nSPS) is 6.75. The molecule has 0 atom stereocenters. The smallest absolute Gasteiger partial charge is 0.119 e. The van der Waals surface area contributed by atoms with Gasteiger partial charge in [0.05, 0.1) is 0 Å². The van der Waals surface area contributed by atoms with Gasteiger partial charge in [0.15, 0.2) is 0 Å². The maximum absolute atomic E-state index is 8.38. The molecule has 0 aliphatic heterocycles. The van der Waals surface area contributed by atoms with E-state index in [0.717, 1.165) is 0 Å². The molecule has 0 spiro atoms. The number of aromatic nitrogens is 3. The van der Waals surface area contributed by atoms with Crippen molar-refractivity contribution in [1.29, 1.82) is 0 Å². The van der Waals surface area contributed by atoms with Gasteiger partial charge < -0.3 is 0 Å². The molecule has 1 aromatic heterocycles. The summed E-state index contributed by atoms with van der Waals surface area (Å²) in [4.78, 5) is 10.7. The van der Waals surface area contributed by atoms with Crippen LogP contribution in [0.5, 0.6) is 0 Å². The first-order valence-electron chi connectivity index (χ1n) is 1.84. The molecular weight excluding hydrogens is 159 g/mol. The monoisotopic (exact) mass is 161 g/mol. The first-order valence-corrected chi connectivity index (χ1v) is 3.05. The second-order valence-corrected chi connectivity index (χ2v) is 0.794. The van der Waals surface area contributed by atoms with Crippen molar-refractivity contribution in [3.8, 4) is 0 Å². The van der Waals surface area contributed by atoms with E-state index < -0.39 is 0 Å². The predicted molar refractivity (Wildman–Crippen MR) is 20.5 cm³/mol. The molecule has 1 heterocycles. The van der Waals surface area contributed by atoms with Crippen LogP contribution in [-0.2, 0) is 21.8 Å². The number of nitrogens with zero attached hydrogens (tertiary/aromatic N) is 3. The van der Waals surface area contributed by atoms with Crippen LogP contribution < -0.4 is 0 Å². The van der Waals surface area contributed by atoms with E-state index in [-0.39, 0.29) is 18.3 Å². The van der Waals surface area contributed by atoms with E-state index in [2.05, 4.69) is 15.0 Å². The molecule has 0 fully saturated rings. The van der Waals surface area contributed by atoms with Crippen molar-refractivity contribution in [2.75, 3.05) is 0 Å². The van der Waals surface area contributed by atoms with Gasteiger partial charge >= 0.3 is 21.8 Å². The average molecular weight is 162 g/mol. The van der Waals surface area contributed by atoms with Gasteiger partial charge in [-0.15, -0.1) is 0 Å². The third kappa shape index (κ3) is 3.62. The molecule has 0 saturated heterocycles. The first kappa shape index (κ1) is 7.43. The van der Waals surface area contributed by atoms with Crippen molar-refractivity contribution in [3.63, 3.8) is 0 Å². The summed E-state index contributed by atoms with van der Waals surface area (Å²) >= 11 is 0.125. The maximum atomic E-state index is 8.38. The van der Waals surface area contributed by atoms with Crippen molar-refractivity contribution in [3.05, 3.63) is 19.0 Å². The Morgan fingerprint density at radius 1 is 0.875 bits per heavy atom. The quantitative estimate of drug-likeness (QED) is 0.494. The van der Waals surface area contributed by atoms with Crippen LogP contribution in [0.25, 0.3) is 0 Å². The van der Waals surface area contributed by atoms with Crippen LogP contribution in [0, 0.1) is 0 Å². The van der Waals surface area contributed by atoms with E-state index >= 15 is 0 Å². The predicted octanol–water partition coefficient (Wildman–Crippen LogP) is -0.250. The van der Waals surface area contributed by atoms with Crippen LogP contribution in [0.1, 0.15) is 0 Å². The van der Waals surface area contributed by atoms with Crippen LogP contribution in [0.3, 0.4) is 0 Å². The molecule has 0 unspecified atom stereocenters. The van der Waals surface area contributed by atoms with Crippen molar-refractivity contribution >= 4 is 0 Å². The zero-order valence-electron chi connectivity index (χ0n) is 4.19. The minimum absolute atomic E-state index is 0.125. The summed E-state index contributed by atoms with van der Waals surface area (Å²) in [5.74, 6) is 0. The molecule has 38 valence electrons. The Morgan fingerprint density at radius 2 is 1.12 bits per heavy atom. The fourth-order valence-electron chi connectivity index (χ4n) is 0.205. The summed E-state index contributed by atoms with van der Waals surface area (Å²) in [5.41, 5.74) is 0. The number of hydrogen-bond acceptors (Lipinski definition) is 4. The molecule has 0 radical (unpaired) electrons. The molecule has 5 heteroatoms. The SMILES string of the molecule is [O]=[Zn].c1ncncn1. The molecule has 0 aromatic carbocycles. The first-order chi connectivity index (χ1) is 4.00. The van der Waals surface area contributed by atoms with Crippen molar-refractivity contribution < 1.29 is 21.8 Å². The standard InChI is InChI=1S/C3H3N3.O.Zn/c1-4-2-6-3-5-1;;/h1-3H;;. The molecule has 1 rings (SSSR count). The van der Waals surface area contributed by atoms with Gasteiger partial charge in [0.1, 0.15) is 19.0 Å². The van der Waals surface area contributed by atoms with E-state index in [1.54, 1.807) is 0 Å². The Bertz CT molecular complexity index is 97.4. The molecule has 4 nitrogen and oxygen atoms in total. The summed E-state index contributed by atoms with van der Waals surface area (Å²) in [5, 5.41) is 0. The average Bonchev–Trinajstić information content (AvgIpc) is 1.96. The van der Waals surface area contributed by atoms with Gasteiger partial charge in [-0.3, -0.25) is 0 Å². The summed E-state index contributed by atoms with van der Waals surface area (Å²) in [6.45, 7) is 0. The fraction of sp³-hybridized carbons (Fsp3) is 0. The molecular formula is C3H3N3OZn. The molecule has 8 heavy (non-hydrogen) atoms. The zero-order valence-corrected chi connectivity index (χ0v) is 7.16.